The van der Waals surface area contributed by atoms with E-state index in [-0.39, 0.29) is 5.92 Å². The Kier molecular flexibility index (Phi) is 7.36. The molecule has 1 amide bonds. The van der Waals surface area contributed by atoms with Crippen LogP contribution >= 0.6 is 0 Å². The van der Waals surface area contributed by atoms with Crippen LogP contribution in [-0.4, -0.2) is 40.8 Å². The molecule has 1 N–H and O–H groups in total. The largest absolute Gasteiger partial charge is 0.493 e. The minimum absolute atomic E-state index is 0.201. The molecule has 2 aromatic rings. The second-order valence-electron chi connectivity index (χ2n) is 7.46. The van der Waals surface area contributed by atoms with Gasteiger partial charge in [0.25, 0.3) is 0 Å². The van der Waals surface area contributed by atoms with Gasteiger partial charge in [-0.3, -0.25) is 9.10 Å². The first-order valence-corrected chi connectivity index (χ1v) is 11.5. The van der Waals surface area contributed by atoms with Crippen LogP contribution in [0, 0.1) is 6.92 Å². The number of ether oxygens (including phenoxy) is 2. The summed E-state index contributed by atoms with van der Waals surface area (Å²) in [6.07, 6.45) is 1.07. The number of carbonyl (C=O) groups excluding carboxylic acids is 1. The van der Waals surface area contributed by atoms with Crippen molar-refractivity contribution >= 4 is 27.3 Å². The molecule has 0 saturated carbocycles. The number of amides is 1. The molecule has 7 nitrogen and oxygen atoms in total. The highest BCUT2D eigenvalue weighted by molar-refractivity contribution is 7.92. The molecule has 0 saturated heterocycles. The van der Waals surface area contributed by atoms with E-state index >= 15 is 0 Å². The van der Waals surface area contributed by atoms with Gasteiger partial charge in [-0.15, -0.1) is 0 Å². The van der Waals surface area contributed by atoms with Crippen LogP contribution < -0.4 is 19.1 Å². The molecule has 0 radical (unpaired) electrons. The molecule has 1 atom stereocenters. The van der Waals surface area contributed by atoms with Gasteiger partial charge >= 0.3 is 0 Å². The van der Waals surface area contributed by atoms with Gasteiger partial charge in [-0.2, -0.15) is 0 Å². The zero-order valence-electron chi connectivity index (χ0n) is 18.5. The van der Waals surface area contributed by atoms with Crippen LogP contribution in [0.2, 0.25) is 0 Å². The Hall–Kier alpha value is -2.74. The minimum atomic E-state index is -3.76. The molecule has 0 aliphatic rings. The first kappa shape index (κ1) is 23.5. The Morgan fingerprint density at radius 2 is 1.67 bits per heavy atom. The van der Waals surface area contributed by atoms with Crippen LogP contribution in [0.3, 0.4) is 0 Å². The van der Waals surface area contributed by atoms with Gasteiger partial charge in [0.1, 0.15) is 6.04 Å². The maximum Gasteiger partial charge on any atom is 0.248 e. The highest BCUT2D eigenvalue weighted by Crippen LogP contribution is 2.34. The fourth-order valence-electron chi connectivity index (χ4n) is 3.34. The molecule has 0 aliphatic carbocycles. The lowest BCUT2D eigenvalue weighted by molar-refractivity contribution is -0.116. The summed E-state index contributed by atoms with van der Waals surface area (Å²) >= 11 is 0. The van der Waals surface area contributed by atoms with Crippen molar-refractivity contribution in [3.63, 3.8) is 0 Å². The zero-order valence-corrected chi connectivity index (χ0v) is 19.3. The van der Waals surface area contributed by atoms with Gasteiger partial charge in [-0.05, 0) is 43.0 Å². The monoisotopic (exact) mass is 434 g/mol. The normalized spacial score (nSPS) is 12.4. The van der Waals surface area contributed by atoms with E-state index in [0.29, 0.717) is 22.9 Å². The van der Waals surface area contributed by atoms with Gasteiger partial charge in [0.05, 0.1) is 26.2 Å². The number of nitrogens with one attached hydrogen (secondary N) is 1. The van der Waals surface area contributed by atoms with Crippen LogP contribution in [0.5, 0.6) is 11.5 Å². The zero-order chi connectivity index (χ0) is 22.6. The molecular formula is C22H30N2O5S. The van der Waals surface area contributed by atoms with Crippen molar-refractivity contribution in [1.29, 1.82) is 0 Å². The van der Waals surface area contributed by atoms with E-state index in [0.717, 1.165) is 21.7 Å². The van der Waals surface area contributed by atoms with Crippen LogP contribution in [0.4, 0.5) is 11.4 Å². The van der Waals surface area contributed by atoms with Crippen molar-refractivity contribution < 1.29 is 22.7 Å². The standard InChI is InChI=1S/C22H30N2O5S/c1-14(2)18-10-8-9-15(3)21(18)23-22(25)16(4)24(30(7,26)27)17-11-12-19(28-5)20(13-17)29-6/h8-14,16H,1-7H3,(H,23,25)/t16-/m0/s1. The fraction of sp³-hybridized carbons (Fsp3) is 0.409. The molecule has 164 valence electrons. The molecule has 0 heterocycles. The molecule has 0 aliphatic heterocycles. The molecule has 0 aromatic heterocycles. The van der Waals surface area contributed by atoms with E-state index < -0.39 is 22.0 Å². The van der Waals surface area contributed by atoms with Gasteiger partial charge in [0.2, 0.25) is 15.9 Å². The Labute approximate surface area is 179 Å². The molecule has 0 bridgehead atoms. The first-order chi connectivity index (χ1) is 14.0. The number of nitrogens with zero attached hydrogens (tertiary/aromatic N) is 1. The number of hydrogen-bond donors (Lipinski definition) is 1. The number of sulfonamides is 1. The quantitative estimate of drug-likeness (QED) is 0.680. The summed E-state index contributed by atoms with van der Waals surface area (Å²) in [6, 6.07) is 9.55. The summed E-state index contributed by atoms with van der Waals surface area (Å²) in [4.78, 5) is 13.1. The number of anilines is 2. The maximum atomic E-state index is 13.1. The molecular weight excluding hydrogens is 404 g/mol. The Morgan fingerprint density at radius 3 is 2.20 bits per heavy atom. The lowest BCUT2D eigenvalue weighted by Gasteiger charge is -2.29. The van der Waals surface area contributed by atoms with Crippen molar-refractivity contribution in [1.82, 2.24) is 0 Å². The number of carbonyl (C=O) groups is 1. The SMILES string of the molecule is COc1ccc(N([C@@H](C)C(=O)Nc2c(C)cccc2C(C)C)S(C)(=O)=O)cc1OC. The first-order valence-electron chi connectivity index (χ1n) is 9.63. The number of para-hydroxylation sites is 1. The summed E-state index contributed by atoms with van der Waals surface area (Å²) in [5, 5.41) is 2.93. The average molecular weight is 435 g/mol. The van der Waals surface area contributed by atoms with Crippen molar-refractivity contribution in [2.45, 2.75) is 39.7 Å². The smallest absolute Gasteiger partial charge is 0.248 e. The fourth-order valence-corrected chi connectivity index (χ4v) is 4.51. The van der Waals surface area contributed by atoms with E-state index in [1.54, 1.807) is 19.1 Å². The Bertz CT molecular complexity index is 1020. The highest BCUT2D eigenvalue weighted by atomic mass is 32.2. The van der Waals surface area contributed by atoms with Gasteiger partial charge in [-0.1, -0.05) is 32.0 Å². The van der Waals surface area contributed by atoms with Gasteiger partial charge in [-0.25, -0.2) is 8.42 Å². The molecule has 0 fully saturated rings. The number of benzene rings is 2. The molecule has 30 heavy (non-hydrogen) atoms. The topological polar surface area (TPSA) is 84.9 Å². The van der Waals surface area contributed by atoms with Crippen molar-refractivity contribution in [3.05, 3.63) is 47.5 Å². The van der Waals surface area contributed by atoms with E-state index in [1.807, 2.05) is 39.0 Å². The van der Waals surface area contributed by atoms with Crippen LogP contribution in [0.25, 0.3) is 0 Å². The number of hydrogen-bond acceptors (Lipinski definition) is 5. The van der Waals surface area contributed by atoms with Gasteiger partial charge in [0, 0.05) is 11.8 Å². The molecule has 0 unspecified atom stereocenters. The molecule has 2 rings (SSSR count). The molecule has 0 spiro atoms. The predicted molar refractivity (Wildman–Crippen MR) is 120 cm³/mol. The lowest BCUT2D eigenvalue weighted by Crippen LogP contribution is -2.45. The van der Waals surface area contributed by atoms with E-state index in [1.165, 1.54) is 20.3 Å². The summed E-state index contributed by atoms with van der Waals surface area (Å²) < 4.78 is 36.8. The lowest BCUT2D eigenvalue weighted by atomic mass is 9.98. The summed E-state index contributed by atoms with van der Waals surface area (Å²) in [7, 11) is -0.797. The van der Waals surface area contributed by atoms with Crippen molar-refractivity contribution in [2.75, 3.05) is 30.1 Å². The minimum Gasteiger partial charge on any atom is -0.493 e. The van der Waals surface area contributed by atoms with Gasteiger partial charge in [0.15, 0.2) is 11.5 Å². The van der Waals surface area contributed by atoms with Gasteiger partial charge < -0.3 is 14.8 Å². The molecule has 8 heteroatoms. The Morgan fingerprint density at radius 1 is 1.03 bits per heavy atom. The average Bonchev–Trinajstić information content (AvgIpc) is 2.67. The number of methoxy groups -OCH3 is 2. The van der Waals surface area contributed by atoms with Crippen molar-refractivity contribution in [3.8, 4) is 11.5 Å². The highest BCUT2D eigenvalue weighted by Gasteiger charge is 2.30. The van der Waals surface area contributed by atoms with E-state index in [4.69, 9.17) is 9.47 Å². The van der Waals surface area contributed by atoms with Crippen LogP contribution in [0.1, 0.15) is 37.8 Å². The summed E-state index contributed by atoms with van der Waals surface area (Å²) in [5.41, 5.74) is 2.93. The Balaban J connectivity index is 2.45. The maximum absolute atomic E-state index is 13.1. The summed E-state index contributed by atoms with van der Waals surface area (Å²) in [5.74, 6) is 0.615. The van der Waals surface area contributed by atoms with E-state index in [9.17, 15) is 13.2 Å². The second kappa shape index (κ2) is 9.38. The third kappa shape index (κ3) is 5.05. The third-order valence-corrected chi connectivity index (χ3v) is 6.13. The predicted octanol–water partition coefficient (Wildman–Crippen LogP) is 3.93. The number of aryl methyl sites for hydroxylation is 1. The van der Waals surface area contributed by atoms with Crippen molar-refractivity contribution in [2.24, 2.45) is 0 Å². The van der Waals surface area contributed by atoms with Crippen LogP contribution in [-0.2, 0) is 14.8 Å². The summed E-state index contributed by atoms with van der Waals surface area (Å²) in [6.45, 7) is 7.55. The third-order valence-electron chi connectivity index (χ3n) is 4.89. The van der Waals surface area contributed by atoms with Crippen LogP contribution in [0.15, 0.2) is 36.4 Å². The number of rotatable bonds is 8. The van der Waals surface area contributed by atoms with E-state index in [2.05, 4.69) is 5.32 Å². The molecule has 2 aromatic carbocycles. The second-order valence-corrected chi connectivity index (χ2v) is 9.32.